The first kappa shape index (κ1) is 28.6. The smallest absolute Gasteiger partial charge is 0.338 e. The van der Waals surface area contributed by atoms with Crippen LogP contribution < -0.4 is 21.3 Å². The highest BCUT2D eigenvalue weighted by atomic mass is 32.1. The van der Waals surface area contributed by atoms with Gasteiger partial charge in [-0.05, 0) is 55.6 Å². The Morgan fingerprint density at radius 1 is 1.02 bits per heavy atom. The normalized spacial score (nSPS) is 13.4. The largest absolute Gasteiger partial charge is 0.468 e. The number of thiophene rings is 1. The van der Waals surface area contributed by atoms with Crippen LogP contribution in [0.2, 0.25) is 0 Å². The molecular weight excluding hydrogens is 578 g/mol. The molecule has 0 saturated carbocycles. The van der Waals surface area contributed by atoms with Crippen molar-refractivity contribution in [1.82, 2.24) is 24.2 Å². The molecule has 1 aliphatic heterocycles. The first-order valence-electron chi connectivity index (χ1n) is 13.5. The number of anilines is 1. The topological polar surface area (TPSA) is 104 Å². The highest BCUT2D eigenvalue weighted by Crippen LogP contribution is 2.38. The maximum absolute atomic E-state index is 14.9. The van der Waals surface area contributed by atoms with Gasteiger partial charge in [0.15, 0.2) is 5.82 Å². The average Bonchev–Trinajstić information content (AvgIpc) is 3.33. The van der Waals surface area contributed by atoms with Crippen molar-refractivity contribution in [3.05, 3.63) is 98.2 Å². The molecule has 43 heavy (non-hydrogen) atoms. The molecule has 0 radical (unpaired) electrons. The van der Waals surface area contributed by atoms with Gasteiger partial charge in [-0.3, -0.25) is 9.36 Å². The van der Waals surface area contributed by atoms with Gasteiger partial charge in [0.05, 0.1) is 25.1 Å². The van der Waals surface area contributed by atoms with Crippen LogP contribution in [0, 0.1) is 11.6 Å². The summed E-state index contributed by atoms with van der Waals surface area (Å²) < 4.78 is 42.6. The zero-order chi connectivity index (χ0) is 30.2. The highest BCUT2D eigenvalue weighted by Gasteiger charge is 2.26. The van der Waals surface area contributed by atoms with Crippen molar-refractivity contribution in [3.8, 4) is 22.1 Å². The molecule has 10 nitrogen and oxygen atoms in total. The van der Waals surface area contributed by atoms with E-state index >= 15 is 0 Å². The van der Waals surface area contributed by atoms with Crippen LogP contribution in [0.15, 0.2) is 64.2 Å². The predicted octanol–water partition coefficient (Wildman–Crippen LogP) is 3.88. The number of nitrogens with one attached hydrogen (secondary N) is 1. The zero-order valence-electron chi connectivity index (χ0n) is 23.6. The Balaban J connectivity index is 1.61. The summed E-state index contributed by atoms with van der Waals surface area (Å²) in [6.45, 7) is 0.796. The van der Waals surface area contributed by atoms with Gasteiger partial charge in [-0.1, -0.05) is 18.2 Å². The van der Waals surface area contributed by atoms with Gasteiger partial charge in [0.25, 0.3) is 5.56 Å². The van der Waals surface area contributed by atoms with Gasteiger partial charge in [0, 0.05) is 35.8 Å². The van der Waals surface area contributed by atoms with Crippen LogP contribution in [-0.4, -0.2) is 64.7 Å². The third kappa shape index (κ3) is 5.42. The van der Waals surface area contributed by atoms with Crippen molar-refractivity contribution in [2.24, 2.45) is 0 Å². The van der Waals surface area contributed by atoms with Gasteiger partial charge in [-0.15, -0.1) is 21.5 Å². The number of fused-ring (bicyclic) bond motifs is 1. The number of halogens is 2. The molecule has 6 rings (SSSR count). The number of hydrogen-bond acceptors (Lipinski definition) is 9. The Hall–Kier alpha value is -4.46. The van der Waals surface area contributed by atoms with Crippen LogP contribution in [-0.2, 0) is 17.8 Å². The minimum Gasteiger partial charge on any atom is -0.468 e. The van der Waals surface area contributed by atoms with E-state index in [1.54, 1.807) is 0 Å². The van der Waals surface area contributed by atoms with E-state index < -0.39 is 29.4 Å². The Kier molecular flexibility index (Phi) is 7.77. The first-order valence-corrected chi connectivity index (χ1v) is 14.3. The molecule has 0 atom stereocenters. The van der Waals surface area contributed by atoms with E-state index in [0.29, 0.717) is 30.2 Å². The fourth-order valence-electron chi connectivity index (χ4n) is 4.89. The van der Waals surface area contributed by atoms with Crippen LogP contribution in [0.25, 0.3) is 26.5 Å². The maximum atomic E-state index is 14.9. The molecule has 1 aliphatic rings. The minimum absolute atomic E-state index is 0.0428. The monoisotopic (exact) mass is 606 g/mol. The molecule has 1 N–H and O–H groups in total. The number of benzene rings is 2. The van der Waals surface area contributed by atoms with Crippen molar-refractivity contribution in [2.45, 2.75) is 19.2 Å². The third-order valence-electron chi connectivity index (χ3n) is 7.11. The summed E-state index contributed by atoms with van der Waals surface area (Å²) in [7, 11) is 5.56. The summed E-state index contributed by atoms with van der Waals surface area (Å²) in [4.78, 5) is 31.3. The van der Waals surface area contributed by atoms with E-state index in [1.807, 2.05) is 50.3 Å². The van der Waals surface area contributed by atoms with Gasteiger partial charge in [-0.2, -0.15) is 0 Å². The molecule has 13 heteroatoms. The Labute approximate surface area is 248 Å². The molecule has 5 aromatic rings. The summed E-state index contributed by atoms with van der Waals surface area (Å²) in [5.41, 5.74) is 0.722. The molecule has 222 valence electrons. The second-order valence-corrected chi connectivity index (χ2v) is 11.4. The van der Waals surface area contributed by atoms with E-state index in [4.69, 9.17) is 9.47 Å². The molecule has 0 aliphatic carbocycles. The quantitative estimate of drug-likeness (QED) is 0.270. The van der Waals surface area contributed by atoms with Gasteiger partial charge >= 0.3 is 5.69 Å². The lowest BCUT2D eigenvalue weighted by Gasteiger charge is -2.25. The Bertz CT molecular complexity index is 1900. The van der Waals surface area contributed by atoms with Crippen LogP contribution in [0.5, 0.6) is 5.88 Å². The van der Waals surface area contributed by atoms with E-state index in [0.717, 1.165) is 32.8 Å². The van der Waals surface area contributed by atoms with Crippen molar-refractivity contribution in [1.29, 1.82) is 0 Å². The second-order valence-electron chi connectivity index (χ2n) is 10.4. The molecule has 2 aromatic carbocycles. The van der Waals surface area contributed by atoms with Gasteiger partial charge in [0.2, 0.25) is 5.88 Å². The van der Waals surface area contributed by atoms with E-state index in [9.17, 15) is 18.4 Å². The number of aromatic nitrogens is 4. The third-order valence-corrected chi connectivity index (χ3v) is 8.41. The van der Waals surface area contributed by atoms with Gasteiger partial charge in [0.1, 0.15) is 22.6 Å². The van der Waals surface area contributed by atoms with E-state index in [2.05, 4.69) is 15.5 Å². The average molecular weight is 607 g/mol. The lowest BCUT2D eigenvalue weighted by Crippen LogP contribution is -2.40. The molecule has 0 bridgehead atoms. The fraction of sp³-hybridized carbons (Fsp3) is 0.267. The van der Waals surface area contributed by atoms with Gasteiger partial charge < -0.3 is 19.7 Å². The van der Waals surface area contributed by atoms with E-state index in [1.165, 1.54) is 34.1 Å². The highest BCUT2D eigenvalue weighted by molar-refractivity contribution is 7.22. The molecule has 4 heterocycles. The summed E-state index contributed by atoms with van der Waals surface area (Å²) in [6.07, 6.45) is -0.146. The van der Waals surface area contributed by atoms with Crippen LogP contribution in [0.3, 0.4) is 0 Å². The standard InChI is InChI=1S/C30H28F2N6O4S/c1-33-18-9-7-17(8-10-18)27-21(13-36(2)3)26-28(39)38(24-11-12-25(35-34-24)42-19-15-41-16-19)30(40)37(29(26)43-27)14-20-22(31)5-4-6-23(20)32/h4-12,19,33H,13-16H2,1-3H3. The number of rotatable bonds is 9. The minimum atomic E-state index is -0.801. The molecule has 3 aromatic heterocycles. The Morgan fingerprint density at radius 2 is 1.74 bits per heavy atom. The molecular formula is C30H28F2N6O4S. The van der Waals surface area contributed by atoms with Gasteiger partial charge in [-0.25, -0.2) is 18.1 Å². The predicted molar refractivity (Wildman–Crippen MR) is 160 cm³/mol. The van der Waals surface area contributed by atoms with Crippen molar-refractivity contribution >= 4 is 27.2 Å². The number of nitrogens with zero attached hydrogens (tertiary/aromatic N) is 5. The second kappa shape index (κ2) is 11.7. The Morgan fingerprint density at radius 3 is 2.33 bits per heavy atom. The van der Waals surface area contributed by atoms with Crippen molar-refractivity contribution in [3.63, 3.8) is 0 Å². The number of hydrogen-bond donors (Lipinski definition) is 1. The zero-order valence-corrected chi connectivity index (χ0v) is 24.5. The summed E-state index contributed by atoms with van der Waals surface area (Å²) in [6, 6.07) is 14.2. The van der Waals surface area contributed by atoms with Crippen molar-refractivity contribution in [2.75, 3.05) is 39.7 Å². The maximum Gasteiger partial charge on any atom is 0.338 e. The first-order chi connectivity index (χ1) is 20.7. The molecule has 0 amide bonds. The summed E-state index contributed by atoms with van der Waals surface area (Å²) in [5, 5.41) is 11.5. The van der Waals surface area contributed by atoms with E-state index in [-0.39, 0.29) is 28.8 Å². The lowest BCUT2D eigenvalue weighted by molar-refractivity contribution is -0.0816. The summed E-state index contributed by atoms with van der Waals surface area (Å²) in [5.74, 6) is -1.42. The molecule has 0 spiro atoms. The summed E-state index contributed by atoms with van der Waals surface area (Å²) >= 11 is 1.23. The van der Waals surface area contributed by atoms with Crippen molar-refractivity contribution < 1.29 is 18.3 Å². The van der Waals surface area contributed by atoms with Crippen LogP contribution in [0.1, 0.15) is 11.1 Å². The lowest BCUT2D eigenvalue weighted by atomic mass is 10.1. The molecule has 1 fully saturated rings. The molecule has 1 saturated heterocycles. The SMILES string of the molecule is CNc1ccc(-c2sc3c(c2CN(C)C)c(=O)n(-c2ccc(OC4COC4)nn2)c(=O)n3Cc2c(F)cccc2F)cc1. The van der Waals surface area contributed by atoms with Crippen LogP contribution >= 0.6 is 11.3 Å². The molecule has 0 unspecified atom stereocenters. The van der Waals surface area contributed by atoms with Crippen LogP contribution in [0.4, 0.5) is 14.5 Å². The fourth-order valence-corrected chi connectivity index (χ4v) is 6.19. The number of ether oxygens (including phenoxy) is 2.